The molecule has 4 rings (SSSR count). The van der Waals surface area contributed by atoms with Gasteiger partial charge in [-0.2, -0.15) is 0 Å². The van der Waals surface area contributed by atoms with Crippen LogP contribution in [0.3, 0.4) is 0 Å². The number of nitrogens with one attached hydrogen (secondary N) is 5. The van der Waals surface area contributed by atoms with Gasteiger partial charge in [0.25, 0.3) is 5.91 Å². The number of carbonyl (C=O) groups excluding carboxylic acids is 4. The van der Waals surface area contributed by atoms with Crippen molar-refractivity contribution in [1.29, 1.82) is 0 Å². The number of H-pyrrole nitrogens is 1. The van der Waals surface area contributed by atoms with Crippen LogP contribution in [0.4, 0.5) is 0 Å². The van der Waals surface area contributed by atoms with Gasteiger partial charge in [0, 0.05) is 54.0 Å². The Balaban J connectivity index is 1.55. The summed E-state index contributed by atoms with van der Waals surface area (Å²) in [4.78, 5) is 60.6. The van der Waals surface area contributed by atoms with Crippen LogP contribution in [-0.4, -0.2) is 52.2 Å². The average Bonchev–Trinajstić information content (AvgIpc) is 3.43. The Morgan fingerprint density at radius 3 is 2.30 bits per heavy atom. The molecule has 2 atom stereocenters. The zero-order valence-electron chi connectivity index (χ0n) is 24.9. The molecular weight excluding hydrogens is 580 g/mol. The van der Waals surface area contributed by atoms with Gasteiger partial charge in [-0.1, -0.05) is 68.8 Å². The molecule has 10 nitrogen and oxygen atoms in total. The maximum Gasteiger partial charge on any atom is 0.254 e. The molecule has 0 aliphatic rings. The van der Waals surface area contributed by atoms with Gasteiger partial charge in [0.05, 0.1) is 12.0 Å². The summed E-state index contributed by atoms with van der Waals surface area (Å²) in [5.74, 6) is -2.06. The summed E-state index contributed by atoms with van der Waals surface area (Å²) in [7, 11) is 0. The molecule has 0 aliphatic heterocycles. The maximum atomic E-state index is 13.8. The SMILES string of the molecule is CC(C)(C)CNC(=O)C[C@H](NC(=O)c1c[nH]c2ccccc12)C(=O)N[C@@H](Cc1ccncc1)C(=O)NCc1ccccc1Cl. The fraction of sp³-hybridized carbons (Fsp3) is 0.303. The van der Waals surface area contributed by atoms with Crippen molar-refractivity contribution in [2.24, 2.45) is 5.41 Å². The molecular formula is C33H37ClN6O4. The van der Waals surface area contributed by atoms with Crippen LogP contribution in [0.25, 0.3) is 10.9 Å². The molecule has 0 unspecified atom stereocenters. The normalized spacial score (nSPS) is 12.6. The molecule has 0 aliphatic carbocycles. The highest BCUT2D eigenvalue weighted by atomic mass is 35.5. The van der Waals surface area contributed by atoms with Crippen LogP contribution in [0.15, 0.2) is 79.3 Å². The zero-order valence-corrected chi connectivity index (χ0v) is 25.7. The van der Waals surface area contributed by atoms with Crippen molar-refractivity contribution >= 4 is 46.1 Å². The van der Waals surface area contributed by atoms with E-state index in [1.807, 2.05) is 45.0 Å². The van der Waals surface area contributed by atoms with E-state index in [1.54, 1.807) is 55.0 Å². The second kappa shape index (κ2) is 14.7. The Labute approximate surface area is 261 Å². The van der Waals surface area contributed by atoms with Crippen molar-refractivity contribution in [3.8, 4) is 0 Å². The second-order valence-electron chi connectivity index (χ2n) is 11.7. The van der Waals surface area contributed by atoms with Crippen molar-refractivity contribution in [2.75, 3.05) is 6.54 Å². The first-order chi connectivity index (χ1) is 21.0. The predicted octanol–water partition coefficient (Wildman–Crippen LogP) is 3.91. The molecule has 2 aromatic carbocycles. The lowest BCUT2D eigenvalue weighted by Gasteiger charge is -2.24. The van der Waals surface area contributed by atoms with Crippen molar-refractivity contribution in [3.63, 3.8) is 0 Å². The van der Waals surface area contributed by atoms with Gasteiger partial charge >= 0.3 is 0 Å². The van der Waals surface area contributed by atoms with E-state index in [9.17, 15) is 19.2 Å². The number of benzene rings is 2. The molecule has 230 valence electrons. The summed E-state index contributed by atoms with van der Waals surface area (Å²) in [5, 5.41) is 12.3. The lowest BCUT2D eigenvalue weighted by Crippen LogP contribution is -2.55. The number of para-hydroxylation sites is 1. The van der Waals surface area contributed by atoms with Gasteiger partial charge in [0.1, 0.15) is 12.1 Å². The van der Waals surface area contributed by atoms with Gasteiger partial charge in [-0.05, 0) is 40.8 Å². The number of carbonyl (C=O) groups is 4. The summed E-state index contributed by atoms with van der Waals surface area (Å²) in [6.45, 7) is 6.45. The highest BCUT2D eigenvalue weighted by Crippen LogP contribution is 2.18. The minimum atomic E-state index is -1.26. The van der Waals surface area contributed by atoms with Crippen LogP contribution >= 0.6 is 11.6 Å². The van der Waals surface area contributed by atoms with Gasteiger partial charge in [0.15, 0.2) is 0 Å². The second-order valence-corrected chi connectivity index (χ2v) is 12.2. The summed E-state index contributed by atoms with van der Waals surface area (Å²) in [6, 6.07) is 15.6. The highest BCUT2D eigenvalue weighted by Gasteiger charge is 2.30. The molecule has 5 N–H and O–H groups in total. The molecule has 0 saturated heterocycles. The van der Waals surface area contributed by atoms with Gasteiger partial charge in [-0.3, -0.25) is 24.2 Å². The summed E-state index contributed by atoms with van der Waals surface area (Å²) in [5.41, 5.74) is 2.39. The van der Waals surface area contributed by atoms with E-state index < -0.39 is 35.7 Å². The number of fused-ring (bicyclic) bond motifs is 1. The quantitative estimate of drug-likeness (QED) is 0.164. The minimum Gasteiger partial charge on any atom is -0.360 e. The Morgan fingerprint density at radius 2 is 1.57 bits per heavy atom. The largest absolute Gasteiger partial charge is 0.360 e. The number of rotatable bonds is 12. The van der Waals surface area contributed by atoms with Gasteiger partial charge in [-0.15, -0.1) is 0 Å². The monoisotopic (exact) mass is 616 g/mol. The van der Waals surface area contributed by atoms with Gasteiger partial charge in [-0.25, -0.2) is 0 Å². The molecule has 4 aromatic rings. The molecule has 11 heteroatoms. The molecule has 0 saturated carbocycles. The number of hydrogen-bond donors (Lipinski definition) is 5. The fourth-order valence-electron chi connectivity index (χ4n) is 4.51. The topological polar surface area (TPSA) is 145 Å². The van der Waals surface area contributed by atoms with Crippen LogP contribution in [0, 0.1) is 5.41 Å². The van der Waals surface area contributed by atoms with E-state index in [0.29, 0.717) is 22.5 Å². The van der Waals surface area contributed by atoms with Crippen molar-refractivity contribution in [1.82, 2.24) is 31.2 Å². The maximum absolute atomic E-state index is 13.8. The number of amides is 4. The highest BCUT2D eigenvalue weighted by molar-refractivity contribution is 6.31. The first kappa shape index (κ1) is 32.2. The van der Waals surface area contributed by atoms with E-state index >= 15 is 0 Å². The predicted molar refractivity (Wildman–Crippen MR) is 170 cm³/mol. The standard InChI is InChI=1S/C33H37ClN6O4/c1-33(2,3)20-38-29(41)17-28(39-30(42)24-19-36-26-11-7-5-9-23(24)26)32(44)40-27(16-21-12-14-35-15-13-21)31(43)37-18-22-8-4-6-10-25(22)34/h4-15,19,27-28,36H,16-18,20H2,1-3H3,(H,37,43)(H,38,41)(H,39,42)(H,40,44)/t27-,28-/m0/s1. The van der Waals surface area contributed by atoms with Crippen LogP contribution in [-0.2, 0) is 27.3 Å². The summed E-state index contributed by atoms with van der Waals surface area (Å²) in [6.07, 6.45) is 4.59. The number of halogens is 1. The number of nitrogens with zero attached hydrogens (tertiary/aromatic N) is 1. The number of pyridine rings is 1. The Bertz CT molecular complexity index is 1620. The molecule has 44 heavy (non-hydrogen) atoms. The van der Waals surface area contributed by atoms with E-state index in [-0.39, 0.29) is 24.8 Å². The molecule has 2 aromatic heterocycles. The molecule has 0 fully saturated rings. The lowest BCUT2D eigenvalue weighted by atomic mass is 9.97. The van der Waals surface area contributed by atoms with Gasteiger partial charge < -0.3 is 26.3 Å². The molecule has 0 bridgehead atoms. The smallest absolute Gasteiger partial charge is 0.254 e. The zero-order chi connectivity index (χ0) is 31.7. The third-order valence-electron chi connectivity index (χ3n) is 6.89. The Kier molecular flexibility index (Phi) is 10.7. The minimum absolute atomic E-state index is 0.150. The first-order valence-corrected chi connectivity index (χ1v) is 14.7. The van der Waals surface area contributed by atoms with Crippen molar-refractivity contribution in [3.05, 3.63) is 101 Å². The van der Waals surface area contributed by atoms with Gasteiger partial charge in [0.2, 0.25) is 17.7 Å². The fourth-order valence-corrected chi connectivity index (χ4v) is 4.71. The molecule has 0 spiro atoms. The number of hydrogen-bond acceptors (Lipinski definition) is 5. The average molecular weight is 617 g/mol. The molecule has 4 amide bonds. The number of aromatic nitrogens is 2. The van der Waals surface area contributed by atoms with E-state index in [0.717, 1.165) is 16.6 Å². The number of aromatic amines is 1. The third kappa shape index (κ3) is 9.15. The van der Waals surface area contributed by atoms with E-state index in [4.69, 9.17) is 11.6 Å². The summed E-state index contributed by atoms with van der Waals surface area (Å²) < 4.78 is 0. The molecule has 0 radical (unpaired) electrons. The van der Waals surface area contributed by atoms with Crippen LogP contribution in [0.5, 0.6) is 0 Å². The lowest BCUT2D eigenvalue weighted by molar-refractivity contribution is -0.131. The van der Waals surface area contributed by atoms with Crippen LogP contribution < -0.4 is 21.3 Å². The Morgan fingerprint density at radius 1 is 0.864 bits per heavy atom. The van der Waals surface area contributed by atoms with E-state index in [1.165, 1.54) is 0 Å². The first-order valence-electron chi connectivity index (χ1n) is 14.3. The summed E-state index contributed by atoms with van der Waals surface area (Å²) >= 11 is 6.26. The Hall–Kier alpha value is -4.70. The van der Waals surface area contributed by atoms with Crippen molar-refractivity contribution < 1.29 is 19.2 Å². The third-order valence-corrected chi connectivity index (χ3v) is 7.26. The van der Waals surface area contributed by atoms with Crippen molar-refractivity contribution in [2.45, 2.75) is 52.2 Å². The van der Waals surface area contributed by atoms with E-state index in [2.05, 4.69) is 31.2 Å². The van der Waals surface area contributed by atoms with Crippen LogP contribution in [0.1, 0.15) is 48.7 Å². The molecule has 2 heterocycles. The van der Waals surface area contributed by atoms with Crippen LogP contribution in [0.2, 0.25) is 5.02 Å².